The second-order valence-corrected chi connectivity index (χ2v) is 13.0. The van der Waals surface area contributed by atoms with Gasteiger partial charge >= 0.3 is 6.09 Å². The number of ether oxygens (including phenoxy) is 1. The van der Waals surface area contributed by atoms with Crippen LogP contribution in [0.4, 0.5) is 4.79 Å². The number of ketones is 1. The van der Waals surface area contributed by atoms with Gasteiger partial charge in [0.05, 0.1) is 16.3 Å². The molecule has 1 aromatic heterocycles. The maximum atomic E-state index is 13.8. The standard InChI is InChI=1S/C27H34N4O5S/c1-26(2,3)36-25(35)31-13-15-19(27(15,4)5)20(31)23(34)29-17(12-14-10-11-28-22(14)33)21(32)24-30-16-8-6-7-9-18(16)37-24/h6-9,14-15,17,19-20H,10-13H2,1-5H3,(H,28,33)(H,29,34)/t14-,15-,17?,19-,20-/m0/s1. The van der Waals surface area contributed by atoms with E-state index in [-0.39, 0.29) is 47.2 Å². The molecule has 198 valence electrons. The Morgan fingerprint density at radius 3 is 2.65 bits per heavy atom. The van der Waals surface area contributed by atoms with Crippen molar-refractivity contribution in [3.8, 4) is 0 Å². The fourth-order valence-electron chi connectivity index (χ4n) is 5.86. The molecule has 10 heteroatoms. The van der Waals surface area contributed by atoms with E-state index in [4.69, 9.17) is 4.74 Å². The van der Waals surface area contributed by atoms with Gasteiger partial charge in [-0.3, -0.25) is 19.3 Å². The van der Waals surface area contributed by atoms with E-state index in [1.807, 2.05) is 24.3 Å². The highest BCUT2D eigenvalue weighted by Crippen LogP contribution is 2.65. The predicted molar refractivity (Wildman–Crippen MR) is 139 cm³/mol. The number of likely N-dealkylation sites (tertiary alicyclic amines) is 1. The maximum Gasteiger partial charge on any atom is 0.410 e. The van der Waals surface area contributed by atoms with Gasteiger partial charge in [0.15, 0.2) is 5.01 Å². The van der Waals surface area contributed by atoms with Crippen LogP contribution < -0.4 is 10.6 Å². The third kappa shape index (κ3) is 4.83. The Balaban J connectivity index is 1.41. The first-order valence-electron chi connectivity index (χ1n) is 12.8. The molecular weight excluding hydrogens is 492 g/mol. The molecule has 37 heavy (non-hydrogen) atoms. The van der Waals surface area contributed by atoms with Gasteiger partial charge in [-0.2, -0.15) is 0 Å². The number of fused-ring (bicyclic) bond motifs is 2. The number of carbonyl (C=O) groups is 4. The summed E-state index contributed by atoms with van der Waals surface area (Å²) in [4.78, 5) is 58.8. The molecule has 2 aromatic rings. The first-order valence-corrected chi connectivity index (χ1v) is 13.7. The first-order chi connectivity index (χ1) is 17.4. The fourth-order valence-corrected chi connectivity index (χ4v) is 6.82. The molecule has 5 rings (SSSR count). The number of nitrogens with one attached hydrogen (secondary N) is 2. The van der Waals surface area contributed by atoms with Crippen LogP contribution in [0.3, 0.4) is 0 Å². The van der Waals surface area contributed by atoms with Gasteiger partial charge in [0, 0.05) is 19.0 Å². The second kappa shape index (κ2) is 9.08. The highest BCUT2D eigenvalue weighted by molar-refractivity contribution is 7.20. The largest absolute Gasteiger partial charge is 0.444 e. The van der Waals surface area contributed by atoms with Crippen molar-refractivity contribution in [3.63, 3.8) is 0 Å². The summed E-state index contributed by atoms with van der Waals surface area (Å²) < 4.78 is 6.47. The average Bonchev–Trinajstić information content (AvgIpc) is 3.33. The molecule has 1 unspecified atom stereocenters. The Bertz CT molecular complexity index is 1230. The molecule has 2 aliphatic heterocycles. The molecule has 3 aliphatic rings. The van der Waals surface area contributed by atoms with E-state index in [0.717, 1.165) is 4.70 Å². The highest BCUT2D eigenvalue weighted by atomic mass is 32.1. The average molecular weight is 527 g/mol. The molecule has 1 aromatic carbocycles. The molecule has 3 amide bonds. The molecule has 2 N–H and O–H groups in total. The number of para-hydroxylation sites is 1. The summed E-state index contributed by atoms with van der Waals surface area (Å²) in [7, 11) is 0. The van der Waals surface area contributed by atoms with Crippen molar-refractivity contribution in [3.05, 3.63) is 29.3 Å². The summed E-state index contributed by atoms with van der Waals surface area (Å²) in [5, 5.41) is 6.04. The van der Waals surface area contributed by atoms with Gasteiger partial charge in [-0.05, 0) is 63.0 Å². The van der Waals surface area contributed by atoms with E-state index in [2.05, 4.69) is 29.5 Å². The predicted octanol–water partition coefficient (Wildman–Crippen LogP) is 3.38. The zero-order chi connectivity index (χ0) is 26.7. The zero-order valence-corrected chi connectivity index (χ0v) is 22.7. The van der Waals surface area contributed by atoms with Crippen LogP contribution in [0, 0.1) is 23.2 Å². The third-order valence-electron chi connectivity index (χ3n) is 7.93. The lowest BCUT2D eigenvalue weighted by molar-refractivity contribution is -0.128. The van der Waals surface area contributed by atoms with Gasteiger partial charge in [0.2, 0.25) is 17.6 Å². The third-order valence-corrected chi connectivity index (χ3v) is 8.98. The molecule has 5 atom stereocenters. The number of aromatic nitrogens is 1. The van der Waals surface area contributed by atoms with Crippen molar-refractivity contribution in [2.24, 2.45) is 23.2 Å². The van der Waals surface area contributed by atoms with Crippen molar-refractivity contribution >= 4 is 45.2 Å². The molecule has 0 bridgehead atoms. The number of thiazole rings is 1. The van der Waals surface area contributed by atoms with Crippen LogP contribution in [0.25, 0.3) is 10.2 Å². The van der Waals surface area contributed by atoms with Crippen molar-refractivity contribution in [2.45, 2.75) is 65.1 Å². The summed E-state index contributed by atoms with van der Waals surface area (Å²) in [6.45, 7) is 10.6. The Morgan fingerprint density at radius 1 is 1.27 bits per heavy atom. The van der Waals surface area contributed by atoms with Gasteiger partial charge < -0.3 is 15.4 Å². The van der Waals surface area contributed by atoms with Crippen molar-refractivity contribution in [1.82, 2.24) is 20.5 Å². The Hall–Kier alpha value is -3.01. The van der Waals surface area contributed by atoms with E-state index in [9.17, 15) is 19.2 Å². The van der Waals surface area contributed by atoms with E-state index in [0.29, 0.717) is 30.0 Å². The number of benzene rings is 1. The van der Waals surface area contributed by atoms with Crippen LogP contribution >= 0.6 is 11.3 Å². The normalized spacial score (nSPS) is 26.9. The number of piperidine rings is 1. The van der Waals surface area contributed by atoms with Crippen LogP contribution in [-0.2, 0) is 14.3 Å². The summed E-state index contributed by atoms with van der Waals surface area (Å²) in [6, 6.07) is 5.82. The first kappa shape index (κ1) is 25.6. The Kier molecular flexibility index (Phi) is 6.29. The van der Waals surface area contributed by atoms with Gasteiger partial charge in [-0.15, -0.1) is 11.3 Å². The zero-order valence-electron chi connectivity index (χ0n) is 21.9. The molecule has 3 heterocycles. The van der Waals surface area contributed by atoms with Crippen molar-refractivity contribution < 1.29 is 23.9 Å². The van der Waals surface area contributed by atoms with Crippen molar-refractivity contribution in [1.29, 1.82) is 0 Å². The van der Waals surface area contributed by atoms with Gasteiger partial charge in [0.1, 0.15) is 11.6 Å². The topological polar surface area (TPSA) is 118 Å². The van der Waals surface area contributed by atoms with Crippen LogP contribution in [0.1, 0.15) is 57.3 Å². The van der Waals surface area contributed by atoms with Crippen LogP contribution in [0.5, 0.6) is 0 Å². The lowest BCUT2D eigenvalue weighted by Crippen LogP contribution is -2.54. The second-order valence-electron chi connectivity index (χ2n) is 12.0. The number of nitrogens with zero attached hydrogens (tertiary/aromatic N) is 2. The van der Waals surface area contributed by atoms with Crippen LogP contribution in [-0.4, -0.2) is 64.3 Å². The summed E-state index contributed by atoms with van der Waals surface area (Å²) in [5.41, 5.74) is -0.0611. The number of carbonyl (C=O) groups excluding carboxylic acids is 4. The number of amides is 3. The monoisotopic (exact) mass is 526 g/mol. The van der Waals surface area contributed by atoms with Crippen LogP contribution in [0.15, 0.2) is 24.3 Å². The fraction of sp³-hybridized carbons (Fsp3) is 0.593. The molecule has 1 saturated carbocycles. The van der Waals surface area contributed by atoms with E-state index in [1.165, 1.54) is 16.2 Å². The number of rotatable bonds is 6. The molecule has 0 spiro atoms. The van der Waals surface area contributed by atoms with Crippen molar-refractivity contribution in [2.75, 3.05) is 13.1 Å². The summed E-state index contributed by atoms with van der Waals surface area (Å²) in [5.74, 6) is -1.03. The molecule has 1 aliphatic carbocycles. The lowest BCUT2D eigenvalue weighted by atomic mass is 9.95. The highest BCUT2D eigenvalue weighted by Gasteiger charge is 2.70. The van der Waals surface area contributed by atoms with E-state index < -0.39 is 23.8 Å². The molecule has 0 radical (unpaired) electrons. The lowest BCUT2D eigenvalue weighted by Gasteiger charge is -2.33. The van der Waals surface area contributed by atoms with Gasteiger partial charge in [-0.25, -0.2) is 9.78 Å². The number of hydrogen-bond donors (Lipinski definition) is 2. The molecule has 2 saturated heterocycles. The smallest absolute Gasteiger partial charge is 0.410 e. The van der Waals surface area contributed by atoms with Gasteiger partial charge in [0.25, 0.3) is 0 Å². The van der Waals surface area contributed by atoms with Crippen LogP contribution in [0.2, 0.25) is 0 Å². The summed E-state index contributed by atoms with van der Waals surface area (Å²) in [6.07, 6.45) is 0.256. The summed E-state index contributed by atoms with van der Waals surface area (Å²) >= 11 is 1.28. The van der Waals surface area contributed by atoms with Gasteiger partial charge in [-0.1, -0.05) is 26.0 Å². The minimum atomic E-state index is -0.927. The maximum absolute atomic E-state index is 13.8. The van der Waals surface area contributed by atoms with E-state index in [1.54, 1.807) is 20.8 Å². The Morgan fingerprint density at radius 2 is 2.00 bits per heavy atom. The van der Waals surface area contributed by atoms with E-state index >= 15 is 0 Å². The SMILES string of the molecule is CC(C)(C)OC(=O)N1C[C@H]2[C@@H]([C@H]1C(=O)NC(C[C@@H]1CCNC1=O)C(=O)c1nc3ccccc3s1)C2(C)C. The quantitative estimate of drug-likeness (QED) is 0.557. The molecule has 9 nitrogen and oxygen atoms in total. The minimum Gasteiger partial charge on any atom is -0.444 e. The number of hydrogen-bond acceptors (Lipinski definition) is 7. The number of Topliss-reactive ketones (excluding diaryl/α,β-unsaturated/α-hetero) is 1. The molecular formula is C27H34N4O5S. The Labute approximate surface area is 220 Å². The minimum absolute atomic E-state index is 0.0204. The molecule has 3 fully saturated rings.